The third kappa shape index (κ3) is 2.85. The van der Waals surface area contributed by atoms with Crippen LogP contribution in [0.15, 0.2) is 42.6 Å². The van der Waals surface area contributed by atoms with E-state index in [1.165, 1.54) is 0 Å². The normalized spacial score (nSPS) is 21.9. The summed E-state index contributed by atoms with van der Waals surface area (Å²) in [6, 6.07) is 11.9. The lowest BCUT2D eigenvalue weighted by Crippen LogP contribution is -2.39. The van der Waals surface area contributed by atoms with Gasteiger partial charge in [0, 0.05) is 43.0 Å². The fraction of sp³-hybridized carbons (Fsp3) is 0.350. The summed E-state index contributed by atoms with van der Waals surface area (Å²) in [6.45, 7) is 4.19. The maximum Gasteiger partial charge on any atom is 0.254 e. The molecule has 2 aliphatic heterocycles. The Labute approximate surface area is 147 Å². The number of amides is 1. The van der Waals surface area contributed by atoms with Crippen molar-refractivity contribution in [1.29, 1.82) is 5.26 Å². The van der Waals surface area contributed by atoms with E-state index in [0.717, 1.165) is 36.3 Å². The van der Waals surface area contributed by atoms with Gasteiger partial charge in [0.05, 0.1) is 6.04 Å². The first-order valence-electron chi connectivity index (χ1n) is 8.64. The summed E-state index contributed by atoms with van der Waals surface area (Å²) in [5, 5.41) is 9.12. The Morgan fingerprint density at radius 1 is 1.24 bits per heavy atom. The van der Waals surface area contributed by atoms with Crippen molar-refractivity contribution < 1.29 is 4.79 Å². The monoisotopic (exact) mass is 332 g/mol. The molecule has 2 fully saturated rings. The van der Waals surface area contributed by atoms with Gasteiger partial charge >= 0.3 is 0 Å². The minimum Gasteiger partial charge on any atom is -0.333 e. The number of nitriles is 1. The zero-order valence-electron chi connectivity index (χ0n) is 14.2. The van der Waals surface area contributed by atoms with E-state index >= 15 is 0 Å². The van der Waals surface area contributed by atoms with Crippen LogP contribution in [0.25, 0.3) is 11.1 Å². The first kappa shape index (κ1) is 15.6. The van der Waals surface area contributed by atoms with Crippen LogP contribution >= 0.6 is 0 Å². The summed E-state index contributed by atoms with van der Waals surface area (Å²) in [6.07, 6.45) is 4.99. The molecule has 126 valence electrons. The largest absolute Gasteiger partial charge is 0.333 e. The number of benzene rings is 1. The van der Waals surface area contributed by atoms with Crippen LogP contribution in [0, 0.1) is 24.3 Å². The van der Waals surface area contributed by atoms with Crippen LogP contribution in [0.4, 0.5) is 0 Å². The number of aryl methyl sites for hydroxylation is 1. The molecule has 0 unspecified atom stereocenters. The van der Waals surface area contributed by atoms with Gasteiger partial charge in [-0.25, -0.2) is 0 Å². The van der Waals surface area contributed by atoms with E-state index < -0.39 is 0 Å². The van der Waals surface area contributed by atoms with E-state index in [-0.39, 0.29) is 11.9 Å². The Hall–Kier alpha value is -2.87. The molecule has 1 amide bonds. The number of carbonyl (C=O) groups is 1. The average Bonchev–Trinajstić information content (AvgIpc) is 3.21. The second-order valence-electron chi connectivity index (χ2n) is 6.89. The zero-order valence-corrected chi connectivity index (χ0v) is 14.2. The Morgan fingerprint density at radius 3 is 2.88 bits per heavy atom. The van der Waals surface area contributed by atoms with Crippen LogP contribution in [0.3, 0.4) is 0 Å². The second-order valence-corrected chi connectivity index (χ2v) is 6.89. The fourth-order valence-electron chi connectivity index (χ4n) is 4.02. The SMILES string of the molecule is Cc1cc(-c2cccc(C(=O)N3CC[C@@H]4CN(C#N)C[C@@H]43)c2)ccn1. The smallest absolute Gasteiger partial charge is 0.254 e. The van der Waals surface area contributed by atoms with Gasteiger partial charge in [-0.3, -0.25) is 9.78 Å². The van der Waals surface area contributed by atoms with Crippen LogP contribution in [-0.2, 0) is 0 Å². The summed E-state index contributed by atoms with van der Waals surface area (Å²) < 4.78 is 0. The van der Waals surface area contributed by atoms with Crippen LogP contribution in [0.1, 0.15) is 22.5 Å². The molecule has 2 atom stereocenters. The second kappa shape index (κ2) is 6.21. The number of hydrogen-bond donors (Lipinski definition) is 0. The van der Waals surface area contributed by atoms with E-state index in [9.17, 15) is 4.79 Å². The van der Waals surface area contributed by atoms with Gasteiger partial charge in [0.15, 0.2) is 6.19 Å². The van der Waals surface area contributed by atoms with Crippen molar-refractivity contribution in [2.75, 3.05) is 19.6 Å². The lowest BCUT2D eigenvalue weighted by atomic mass is 10.0. The van der Waals surface area contributed by atoms with Crippen molar-refractivity contribution in [2.24, 2.45) is 5.92 Å². The van der Waals surface area contributed by atoms with Crippen molar-refractivity contribution >= 4 is 5.91 Å². The zero-order chi connectivity index (χ0) is 17.4. The molecule has 0 radical (unpaired) electrons. The average molecular weight is 332 g/mol. The third-order valence-electron chi connectivity index (χ3n) is 5.29. The Kier molecular flexibility index (Phi) is 3.89. The van der Waals surface area contributed by atoms with Gasteiger partial charge in [-0.1, -0.05) is 12.1 Å². The van der Waals surface area contributed by atoms with E-state index in [1.807, 2.05) is 48.2 Å². The quantitative estimate of drug-likeness (QED) is 0.793. The van der Waals surface area contributed by atoms with E-state index in [4.69, 9.17) is 5.26 Å². The summed E-state index contributed by atoms with van der Waals surface area (Å²) in [5.41, 5.74) is 3.76. The molecule has 2 saturated heterocycles. The van der Waals surface area contributed by atoms with Crippen molar-refractivity contribution in [2.45, 2.75) is 19.4 Å². The van der Waals surface area contributed by atoms with Crippen molar-refractivity contribution in [3.8, 4) is 17.3 Å². The maximum absolute atomic E-state index is 13.0. The summed E-state index contributed by atoms with van der Waals surface area (Å²) >= 11 is 0. The van der Waals surface area contributed by atoms with Crippen LogP contribution in [0.5, 0.6) is 0 Å². The minimum atomic E-state index is 0.0694. The van der Waals surface area contributed by atoms with Gasteiger partial charge in [0.1, 0.15) is 0 Å². The lowest BCUT2D eigenvalue weighted by Gasteiger charge is -2.24. The lowest BCUT2D eigenvalue weighted by molar-refractivity contribution is 0.0731. The highest BCUT2D eigenvalue weighted by Gasteiger charge is 2.43. The van der Waals surface area contributed by atoms with Crippen LogP contribution in [-0.4, -0.2) is 46.4 Å². The van der Waals surface area contributed by atoms with E-state index in [1.54, 1.807) is 11.1 Å². The number of likely N-dealkylation sites (tertiary alicyclic amines) is 2. The number of fused-ring (bicyclic) bond motifs is 1. The van der Waals surface area contributed by atoms with Gasteiger partial charge in [0.2, 0.25) is 0 Å². The molecule has 4 rings (SSSR count). The third-order valence-corrected chi connectivity index (χ3v) is 5.29. The molecule has 5 heteroatoms. The Morgan fingerprint density at radius 2 is 2.08 bits per heavy atom. The number of carbonyl (C=O) groups excluding carboxylic acids is 1. The molecule has 0 spiro atoms. The molecule has 1 aromatic carbocycles. The predicted octanol–water partition coefficient (Wildman–Crippen LogP) is 2.68. The molecule has 0 N–H and O–H groups in total. The van der Waals surface area contributed by atoms with Crippen LogP contribution in [0.2, 0.25) is 0 Å². The molecule has 25 heavy (non-hydrogen) atoms. The van der Waals surface area contributed by atoms with Gasteiger partial charge < -0.3 is 9.80 Å². The Bertz CT molecular complexity index is 857. The van der Waals surface area contributed by atoms with Crippen LogP contribution < -0.4 is 0 Å². The van der Waals surface area contributed by atoms with Gasteiger partial charge in [-0.15, -0.1) is 0 Å². The number of rotatable bonds is 2. The number of pyridine rings is 1. The standard InChI is InChI=1S/C20H20N4O/c1-14-9-16(5-7-22-14)15-3-2-4-17(10-15)20(25)24-8-6-18-11-23(13-21)12-19(18)24/h2-5,7,9-10,18-19H,6,8,11-12H2,1H3/t18-,19+/m1/s1. The number of aromatic nitrogens is 1. The number of nitrogens with zero attached hydrogens (tertiary/aromatic N) is 4. The highest BCUT2D eigenvalue weighted by Crippen LogP contribution is 2.32. The molecule has 0 bridgehead atoms. The van der Waals surface area contributed by atoms with Crippen molar-refractivity contribution in [1.82, 2.24) is 14.8 Å². The summed E-state index contributed by atoms with van der Waals surface area (Å²) in [7, 11) is 0. The first-order valence-corrected chi connectivity index (χ1v) is 8.64. The molecule has 2 aliphatic rings. The predicted molar refractivity (Wildman–Crippen MR) is 94.5 cm³/mol. The van der Waals surface area contributed by atoms with Crippen molar-refractivity contribution in [3.63, 3.8) is 0 Å². The van der Waals surface area contributed by atoms with Gasteiger partial charge in [0.25, 0.3) is 5.91 Å². The Balaban J connectivity index is 1.59. The molecule has 2 aromatic rings. The summed E-state index contributed by atoms with van der Waals surface area (Å²) in [5.74, 6) is 0.495. The molecule has 0 aliphatic carbocycles. The highest BCUT2D eigenvalue weighted by atomic mass is 16.2. The van der Waals surface area contributed by atoms with E-state index in [0.29, 0.717) is 18.0 Å². The topological polar surface area (TPSA) is 60.2 Å². The molecule has 3 heterocycles. The molecule has 5 nitrogen and oxygen atoms in total. The molecule has 1 aromatic heterocycles. The highest BCUT2D eigenvalue weighted by molar-refractivity contribution is 5.96. The number of hydrogen-bond acceptors (Lipinski definition) is 4. The summed E-state index contributed by atoms with van der Waals surface area (Å²) in [4.78, 5) is 21.0. The molecular weight excluding hydrogens is 312 g/mol. The maximum atomic E-state index is 13.0. The molecule has 0 saturated carbocycles. The first-order chi connectivity index (χ1) is 12.2. The molecular formula is C20H20N4O. The van der Waals surface area contributed by atoms with Crippen molar-refractivity contribution in [3.05, 3.63) is 53.9 Å². The van der Waals surface area contributed by atoms with Gasteiger partial charge in [-0.2, -0.15) is 5.26 Å². The fourth-order valence-corrected chi connectivity index (χ4v) is 4.02. The van der Waals surface area contributed by atoms with Gasteiger partial charge in [-0.05, 0) is 48.7 Å². The van der Waals surface area contributed by atoms with E-state index in [2.05, 4.69) is 11.2 Å². The minimum absolute atomic E-state index is 0.0694.